The van der Waals surface area contributed by atoms with Crippen LogP contribution in [0.3, 0.4) is 0 Å². The molecule has 0 spiro atoms. The van der Waals surface area contributed by atoms with Crippen molar-refractivity contribution < 1.29 is 4.52 Å². The lowest BCUT2D eigenvalue weighted by molar-refractivity contribution is 0.368. The average Bonchev–Trinajstić information content (AvgIpc) is 3.02. The van der Waals surface area contributed by atoms with E-state index in [1.165, 1.54) is 12.8 Å². The minimum absolute atomic E-state index is 0.198. The summed E-state index contributed by atoms with van der Waals surface area (Å²) in [6, 6.07) is 10.2. The Labute approximate surface area is 113 Å². The molecule has 1 saturated carbocycles. The molecule has 3 rings (SSSR count). The van der Waals surface area contributed by atoms with Gasteiger partial charge in [-0.2, -0.15) is 4.98 Å². The average molecular weight is 257 g/mol. The van der Waals surface area contributed by atoms with Crippen molar-refractivity contribution in [2.45, 2.75) is 38.0 Å². The molecular weight excluding hydrogens is 238 g/mol. The molecular formula is C15H19N3O. The number of nitrogens with zero attached hydrogens (tertiary/aromatic N) is 2. The first-order valence-corrected chi connectivity index (χ1v) is 6.88. The van der Waals surface area contributed by atoms with E-state index in [-0.39, 0.29) is 5.41 Å². The number of aryl methyl sites for hydroxylation is 1. The second-order valence-corrected chi connectivity index (χ2v) is 5.47. The predicted octanol–water partition coefficient (Wildman–Crippen LogP) is 3.17. The van der Waals surface area contributed by atoms with Crippen molar-refractivity contribution in [2.24, 2.45) is 0 Å². The lowest BCUT2D eigenvalue weighted by Gasteiger charge is -2.04. The molecule has 1 N–H and O–H groups in total. The van der Waals surface area contributed by atoms with E-state index < -0.39 is 0 Å². The maximum absolute atomic E-state index is 5.29. The molecule has 1 aromatic heterocycles. The molecule has 1 aromatic carbocycles. The predicted molar refractivity (Wildman–Crippen MR) is 74.1 cm³/mol. The minimum atomic E-state index is 0.198. The zero-order valence-electron chi connectivity index (χ0n) is 11.2. The Kier molecular flexibility index (Phi) is 3.23. The fourth-order valence-electron chi connectivity index (χ4n) is 2.04. The number of benzene rings is 1. The Bertz CT molecular complexity index is 531. The zero-order valence-corrected chi connectivity index (χ0v) is 11.2. The number of aromatic nitrogens is 2. The van der Waals surface area contributed by atoms with Gasteiger partial charge in [0.2, 0.25) is 5.89 Å². The van der Waals surface area contributed by atoms with E-state index in [2.05, 4.69) is 34.5 Å². The molecule has 2 aromatic rings. The van der Waals surface area contributed by atoms with Crippen molar-refractivity contribution in [1.29, 1.82) is 0 Å². The van der Waals surface area contributed by atoms with Gasteiger partial charge in [-0.3, -0.25) is 0 Å². The molecule has 4 heteroatoms. The van der Waals surface area contributed by atoms with Crippen molar-refractivity contribution in [3.05, 3.63) is 42.0 Å². The fraction of sp³-hybridized carbons (Fsp3) is 0.467. The summed E-state index contributed by atoms with van der Waals surface area (Å²) in [4.78, 5) is 4.48. The van der Waals surface area contributed by atoms with Crippen molar-refractivity contribution in [3.8, 4) is 0 Å². The van der Waals surface area contributed by atoms with Gasteiger partial charge in [0.1, 0.15) is 0 Å². The minimum Gasteiger partial charge on any atom is -0.385 e. The lowest BCUT2D eigenvalue weighted by Crippen LogP contribution is -2.04. The van der Waals surface area contributed by atoms with E-state index in [9.17, 15) is 0 Å². The van der Waals surface area contributed by atoms with E-state index in [1.807, 2.05) is 18.2 Å². The van der Waals surface area contributed by atoms with Gasteiger partial charge in [-0.1, -0.05) is 30.3 Å². The van der Waals surface area contributed by atoms with E-state index >= 15 is 0 Å². The summed E-state index contributed by atoms with van der Waals surface area (Å²) >= 11 is 0. The highest BCUT2D eigenvalue weighted by Gasteiger charge is 2.43. The summed E-state index contributed by atoms with van der Waals surface area (Å²) in [5.41, 5.74) is 1.35. The maximum atomic E-state index is 5.29. The Hall–Kier alpha value is -1.84. The van der Waals surface area contributed by atoms with E-state index in [0.717, 1.165) is 36.8 Å². The number of hydrogen-bond donors (Lipinski definition) is 1. The topological polar surface area (TPSA) is 51.0 Å². The number of nitrogens with one attached hydrogen (secondary N) is 1. The standard InChI is InChI=1S/C15H19N3O/c1-15(9-10-15)14-17-13(19-18-14)8-5-11-16-12-6-3-2-4-7-12/h2-4,6-7,16H,5,8-11H2,1H3. The molecule has 0 aliphatic heterocycles. The summed E-state index contributed by atoms with van der Waals surface area (Å²) in [5, 5.41) is 7.45. The summed E-state index contributed by atoms with van der Waals surface area (Å²) < 4.78 is 5.29. The normalized spacial score (nSPS) is 16.3. The van der Waals surface area contributed by atoms with E-state index in [1.54, 1.807) is 0 Å². The Morgan fingerprint density at radius 2 is 2.05 bits per heavy atom. The van der Waals surface area contributed by atoms with Crippen LogP contribution in [0.25, 0.3) is 0 Å². The fourth-order valence-corrected chi connectivity index (χ4v) is 2.04. The highest BCUT2D eigenvalue weighted by Crippen LogP contribution is 2.45. The molecule has 0 bridgehead atoms. The van der Waals surface area contributed by atoms with Crippen LogP contribution in [0.4, 0.5) is 5.69 Å². The molecule has 0 unspecified atom stereocenters. The number of para-hydroxylation sites is 1. The number of hydrogen-bond acceptors (Lipinski definition) is 4. The Morgan fingerprint density at radius 3 is 2.79 bits per heavy atom. The lowest BCUT2D eigenvalue weighted by atomic mass is 10.1. The van der Waals surface area contributed by atoms with E-state index in [4.69, 9.17) is 4.52 Å². The van der Waals surface area contributed by atoms with Crippen molar-refractivity contribution >= 4 is 5.69 Å². The second-order valence-electron chi connectivity index (χ2n) is 5.47. The molecule has 100 valence electrons. The number of anilines is 1. The molecule has 1 aliphatic carbocycles. The molecule has 0 saturated heterocycles. The smallest absolute Gasteiger partial charge is 0.226 e. The van der Waals surface area contributed by atoms with Gasteiger partial charge in [0.05, 0.1) is 0 Å². The van der Waals surface area contributed by atoms with Crippen LogP contribution < -0.4 is 5.32 Å². The Morgan fingerprint density at radius 1 is 1.26 bits per heavy atom. The molecule has 1 aliphatic rings. The molecule has 1 fully saturated rings. The molecule has 0 amide bonds. The first kappa shape index (κ1) is 12.2. The molecule has 0 atom stereocenters. The monoisotopic (exact) mass is 257 g/mol. The van der Waals surface area contributed by atoms with Gasteiger partial charge in [-0.15, -0.1) is 0 Å². The van der Waals surface area contributed by atoms with Crippen LogP contribution in [0, 0.1) is 0 Å². The molecule has 19 heavy (non-hydrogen) atoms. The van der Waals surface area contributed by atoms with Crippen LogP contribution in [-0.4, -0.2) is 16.7 Å². The van der Waals surface area contributed by atoms with Crippen LogP contribution in [0.1, 0.15) is 37.9 Å². The van der Waals surface area contributed by atoms with Gasteiger partial charge in [0.25, 0.3) is 0 Å². The van der Waals surface area contributed by atoms with Crippen LogP contribution in [0.15, 0.2) is 34.9 Å². The van der Waals surface area contributed by atoms with Crippen molar-refractivity contribution in [1.82, 2.24) is 10.1 Å². The summed E-state index contributed by atoms with van der Waals surface area (Å²) in [6.07, 6.45) is 4.19. The third-order valence-corrected chi connectivity index (χ3v) is 3.68. The van der Waals surface area contributed by atoms with Gasteiger partial charge in [-0.25, -0.2) is 0 Å². The van der Waals surface area contributed by atoms with Crippen LogP contribution >= 0.6 is 0 Å². The molecule has 1 heterocycles. The van der Waals surface area contributed by atoms with Gasteiger partial charge < -0.3 is 9.84 Å². The quantitative estimate of drug-likeness (QED) is 0.808. The van der Waals surface area contributed by atoms with Gasteiger partial charge in [0, 0.05) is 24.1 Å². The zero-order chi connectivity index (χ0) is 13.1. The Balaban J connectivity index is 1.44. The highest BCUT2D eigenvalue weighted by atomic mass is 16.5. The molecule has 0 radical (unpaired) electrons. The van der Waals surface area contributed by atoms with Crippen molar-refractivity contribution in [2.75, 3.05) is 11.9 Å². The summed E-state index contributed by atoms with van der Waals surface area (Å²) in [7, 11) is 0. The van der Waals surface area contributed by atoms with Crippen LogP contribution in [0.5, 0.6) is 0 Å². The maximum Gasteiger partial charge on any atom is 0.226 e. The highest BCUT2D eigenvalue weighted by molar-refractivity contribution is 5.42. The SMILES string of the molecule is CC1(c2noc(CCCNc3ccccc3)n2)CC1. The third-order valence-electron chi connectivity index (χ3n) is 3.68. The van der Waals surface area contributed by atoms with Crippen LogP contribution in [-0.2, 0) is 11.8 Å². The second kappa shape index (κ2) is 5.03. The van der Waals surface area contributed by atoms with Gasteiger partial charge >= 0.3 is 0 Å². The van der Waals surface area contributed by atoms with Gasteiger partial charge in [0.15, 0.2) is 5.82 Å². The first-order chi connectivity index (χ1) is 9.26. The third kappa shape index (κ3) is 2.95. The summed E-state index contributed by atoms with van der Waals surface area (Å²) in [6.45, 7) is 3.11. The number of rotatable bonds is 6. The van der Waals surface area contributed by atoms with Crippen molar-refractivity contribution in [3.63, 3.8) is 0 Å². The first-order valence-electron chi connectivity index (χ1n) is 6.88. The largest absolute Gasteiger partial charge is 0.385 e. The van der Waals surface area contributed by atoms with Gasteiger partial charge in [-0.05, 0) is 31.4 Å². The summed E-state index contributed by atoms with van der Waals surface area (Å²) in [5.74, 6) is 1.65. The van der Waals surface area contributed by atoms with Crippen LogP contribution in [0.2, 0.25) is 0 Å². The van der Waals surface area contributed by atoms with E-state index in [0.29, 0.717) is 0 Å². The molecule has 4 nitrogen and oxygen atoms in total.